The summed E-state index contributed by atoms with van der Waals surface area (Å²) in [4.78, 5) is 13.9. The SMILES string of the molecule is COC(=O)c1c(NC(=S)Nc2ccc(S(=O)(=O)Nc3ccccc3OC)cc2)sc2c1CCCCCC2. The highest BCUT2D eigenvalue weighted by atomic mass is 32.2. The molecule has 3 aromatic rings. The largest absolute Gasteiger partial charge is 0.495 e. The maximum Gasteiger partial charge on any atom is 0.341 e. The van der Waals surface area contributed by atoms with Crippen LogP contribution in [0.1, 0.15) is 46.5 Å². The molecule has 0 unspecified atom stereocenters. The molecular weight excluding hydrogens is 531 g/mol. The first kappa shape index (κ1) is 26.9. The van der Waals surface area contributed by atoms with Gasteiger partial charge in [0.2, 0.25) is 0 Å². The summed E-state index contributed by atoms with van der Waals surface area (Å²) in [5, 5.41) is 7.18. The molecule has 8 nitrogen and oxygen atoms in total. The first-order chi connectivity index (χ1) is 17.8. The highest BCUT2D eigenvalue weighted by Gasteiger charge is 2.25. The first-order valence-corrected chi connectivity index (χ1v) is 14.6. The number of nitrogens with one attached hydrogen (secondary N) is 3. The Morgan fingerprint density at radius 3 is 2.35 bits per heavy atom. The lowest BCUT2D eigenvalue weighted by Crippen LogP contribution is -2.20. The van der Waals surface area contributed by atoms with Crippen LogP contribution < -0.4 is 20.1 Å². The third kappa shape index (κ3) is 6.41. The second kappa shape index (κ2) is 11.9. The van der Waals surface area contributed by atoms with Crippen LogP contribution in [0.25, 0.3) is 0 Å². The van der Waals surface area contributed by atoms with E-state index in [1.165, 1.54) is 49.0 Å². The van der Waals surface area contributed by atoms with E-state index in [0.29, 0.717) is 32.8 Å². The zero-order valence-corrected chi connectivity index (χ0v) is 23.1. The molecule has 1 aliphatic carbocycles. The third-order valence-corrected chi connectivity index (χ3v) is 8.85. The molecule has 1 aromatic heterocycles. The predicted molar refractivity (Wildman–Crippen MR) is 152 cm³/mol. The molecule has 11 heteroatoms. The van der Waals surface area contributed by atoms with Gasteiger partial charge in [0.1, 0.15) is 10.8 Å². The van der Waals surface area contributed by atoms with Crippen molar-refractivity contribution in [3.05, 3.63) is 64.5 Å². The fraction of sp³-hybridized carbons (Fsp3) is 0.308. The van der Waals surface area contributed by atoms with Gasteiger partial charge in [-0.15, -0.1) is 11.3 Å². The fourth-order valence-corrected chi connectivity index (χ4v) is 6.88. The molecule has 0 spiro atoms. The first-order valence-electron chi connectivity index (χ1n) is 11.9. The molecule has 2 aromatic carbocycles. The quantitative estimate of drug-likeness (QED) is 0.246. The van der Waals surface area contributed by atoms with Gasteiger partial charge in [0.05, 0.1) is 30.4 Å². The normalized spacial score (nSPS) is 13.5. The second-order valence-corrected chi connectivity index (χ2v) is 11.7. The molecule has 3 N–H and O–H groups in total. The van der Waals surface area contributed by atoms with Crippen molar-refractivity contribution in [1.82, 2.24) is 0 Å². The van der Waals surface area contributed by atoms with E-state index in [1.807, 2.05) is 0 Å². The number of thiocarbonyl (C=S) groups is 1. The number of benzene rings is 2. The Morgan fingerprint density at radius 1 is 0.946 bits per heavy atom. The molecule has 0 amide bonds. The summed E-state index contributed by atoms with van der Waals surface area (Å²) in [5.41, 5.74) is 2.56. The van der Waals surface area contributed by atoms with E-state index < -0.39 is 10.0 Å². The van der Waals surface area contributed by atoms with Gasteiger partial charge in [-0.25, -0.2) is 13.2 Å². The Bertz CT molecular complexity index is 1380. The number of carbonyl (C=O) groups is 1. The van der Waals surface area contributed by atoms with Gasteiger partial charge in [0.15, 0.2) is 5.11 Å². The summed E-state index contributed by atoms with van der Waals surface area (Å²) in [7, 11) is -0.960. The van der Waals surface area contributed by atoms with E-state index in [0.717, 1.165) is 37.7 Å². The lowest BCUT2D eigenvalue weighted by Gasteiger charge is -2.13. The lowest BCUT2D eigenvalue weighted by molar-refractivity contribution is 0.0601. The molecule has 1 aliphatic rings. The van der Waals surface area contributed by atoms with Crippen molar-refractivity contribution in [3.8, 4) is 5.75 Å². The molecule has 0 saturated heterocycles. The van der Waals surface area contributed by atoms with Gasteiger partial charge in [0.25, 0.3) is 10.0 Å². The van der Waals surface area contributed by atoms with E-state index in [4.69, 9.17) is 21.7 Å². The van der Waals surface area contributed by atoms with Crippen LogP contribution in [0.15, 0.2) is 53.4 Å². The van der Waals surface area contributed by atoms with E-state index in [2.05, 4.69) is 15.4 Å². The maximum absolute atomic E-state index is 12.9. The molecular formula is C26H29N3O5S3. The molecule has 0 aliphatic heterocycles. The van der Waals surface area contributed by atoms with Crippen molar-refractivity contribution in [2.45, 2.75) is 43.4 Å². The number of rotatable bonds is 7. The number of sulfonamides is 1. The van der Waals surface area contributed by atoms with Crippen molar-refractivity contribution in [2.24, 2.45) is 0 Å². The van der Waals surface area contributed by atoms with Crippen LogP contribution in [0.5, 0.6) is 5.75 Å². The molecule has 1 heterocycles. The number of carbonyl (C=O) groups excluding carboxylic acids is 1. The monoisotopic (exact) mass is 559 g/mol. The average molecular weight is 560 g/mol. The number of hydrogen-bond acceptors (Lipinski definition) is 7. The number of methoxy groups -OCH3 is 2. The highest BCUT2D eigenvalue weighted by molar-refractivity contribution is 7.92. The minimum absolute atomic E-state index is 0.0915. The molecule has 0 bridgehead atoms. The molecule has 4 rings (SSSR count). The Balaban J connectivity index is 1.47. The van der Waals surface area contributed by atoms with Crippen molar-refractivity contribution in [1.29, 1.82) is 0 Å². The zero-order chi connectivity index (χ0) is 26.4. The van der Waals surface area contributed by atoms with Crippen LogP contribution in [0.4, 0.5) is 16.4 Å². The summed E-state index contributed by atoms with van der Waals surface area (Å²) in [6, 6.07) is 13.0. The summed E-state index contributed by atoms with van der Waals surface area (Å²) in [5.74, 6) is 0.0501. The van der Waals surface area contributed by atoms with Crippen LogP contribution in [-0.2, 0) is 27.6 Å². The van der Waals surface area contributed by atoms with E-state index in [1.54, 1.807) is 36.4 Å². The molecule has 0 fully saturated rings. The summed E-state index contributed by atoms with van der Waals surface area (Å²) >= 11 is 7.04. The van der Waals surface area contributed by atoms with Gasteiger partial charge in [-0.3, -0.25) is 4.72 Å². The van der Waals surface area contributed by atoms with Crippen LogP contribution in [0.3, 0.4) is 0 Å². The van der Waals surface area contributed by atoms with Crippen LogP contribution in [-0.4, -0.2) is 33.7 Å². The van der Waals surface area contributed by atoms with E-state index >= 15 is 0 Å². The Morgan fingerprint density at radius 2 is 1.65 bits per heavy atom. The van der Waals surface area contributed by atoms with Crippen molar-refractivity contribution < 1.29 is 22.7 Å². The number of para-hydroxylation sites is 2. The predicted octanol–water partition coefficient (Wildman–Crippen LogP) is 5.81. The standard InChI is InChI=1S/C26H29N3O5S3/c1-33-21-11-8-7-10-20(21)29-37(31,32)18-15-13-17(14-16-18)27-26(35)28-24-23(25(30)34-2)19-9-5-3-4-6-12-22(19)36-24/h7-8,10-11,13-16,29H,3-6,9,12H2,1-2H3,(H2,27,28,35). The van der Waals surface area contributed by atoms with Crippen LogP contribution >= 0.6 is 23.6 Å². The second-order valence-electron chi connectivity index (χ2n) is 8.52. The number of ether oxygens (including phenoxy) is 2. The van der Waals surface area contributed by atoms with Gasteiger partial charge in [-0.1, -0.05) is 25.0 Å². The maximum atomic E-state index is 12.9. The van der Waals surface area contributed by atoms with Crippen LogP contribution in [0.2, 0.25) is 0 Å². The Hall–Kier alpha value is -3.15. The molecule has 0 radical (unpaired) electrons. The molecule has 0 saturated carbocycles. The number of hydrogen-bond donors (Lipinski definition) is 3. The Labute approximate surface area is 226 Å². The van der Waals surface area contributed by atoms with Gasteiger partial charge >= 0.3 is 5.97 Å². The minimum Gasteiger partial charge on any atom is -0.495 e. The van der Waals surface area contributed by atoms with Crippen molar-refractivity contribution in [2.75, 3.05) is 29.6 Å². The highest BCUT2D eigenvalue weighted by Crippen LogP contribution is 2.37. The molecule has 196 valence electrons. The van der Waals surface area contributed by atoms with Gasteiger partial charge in [-0.05, 0) is 79.9 Å². The summed E-state index contributed by atoms with van der Waals surface area (Å²) in [6.45, 7) is 0. The average Bonchev–Trinajstić information content (AvgIpc) is 3.19. The van der Waals surface area contributed by atoms with Crippen molar-refractivity contribution >= 4 is 61.0 Å². The number of thiophene rings is 1. The van der Waals surface area contributed by atoms with Crippen LogP contribution in [0, 0.1) is 0 Å². The Kier molecular flexibility index (Phi) is 8.67. The van der Waals surface area contributed by atoms with Crippen molar-refractivity contribution in [3.63, 3.8) is 0 Å². The molecule has 37 heavy (non-hydrogen) atoms. The smallest absolute Gasteiger partial charge is 0.341 e. The topological polar surface area (TPSA) is 106 Å². The van der Waals surface area contributed by atoms with Gasteiger partial charge < -0.3 is 20.1 Å². The number of esters is 1. The lowest BCUT2D eigenvalue weighted by atomic mass is 9.96. The summed E-state index contributed by atoms with van der Waals surface area (Å²) < 4.78 is 38.5. The molecule has 0 atom stereocenters. The number of aryl methyl sites for hydroxylation is 1. The summed E-state index contributed by atoms with van der Waals surface area (Å²) in [6.07, 6.45) is 6.25. The fourth-order valence-electron chi connectivity index (χ4n) is 4.24. The van der Waals surface area contributed by atoms with E-state index in [9.17, 15) is 13.2 Å². The van der Waals surface area contributed by atoms with E-state index in [-0.39, 0.29) is 10.9 Å². The zero-order valence-electron chi connectivity index (χ0n) is 20.6. The minimum atomic E-state index is -3.82. The van der Waals surface area contributed by atoms with Gasteiger partial charge in [-0.2, -0.15) is 0 Å². The van der Waals surface area contributed by atoms with Gasteiger partial charge in [0, 0.05) is 10.6 Å². The number of anilines is 3. The third-order valence-electron chi connectivity index (χ3n) is 6.06. The number of fused-ring (bicyclic) bond motifs is 1.